The van der Waals surface area contributed by atoms with Crippen LogP contribution in [0.15, 0.2) is 48.5 Å². The first-order valence-electron chi connectivity index (χ1n) is 7.53. The summed E-state index contributed by atoms with van der Waals surface area (Å²) in [6.07, 6.45) is 3.15. The first-order chi connectivity index (χ1) is 10.3. The standard InChI is InChI=1S/C18H20ClNO/c19-15-10-8-14(9-11-15)18(21)16-6-2-3-7-17(16)20-12-4-1-5-13-20/h2-3,6-11,18,21H,1,4-5,12-13H2. The van der Waals surface area contributed by atoms with Gasteiger partial charge in [-0.3, -0.25) is 0 Å². The second kappa shape index (κ2) is 6.50. The van der Waals surface area contributed by atoms with Crippen molar-refractivity contribution >= 4 is 17.3 Å². The summed E-state index contributed by atoms with van der Waals surface area (Å²) in [5, 5.41) is 11.4. The SMILES string of the molecule is OC(c1ccc(Cl)cc1)c1ccccc1N1CCCCC1. The summed E-state index contributed by atoms with van der Waals surface area (Å²) in [4.78, 5) is 2.39. The highest BCUT2D eigenvalue weighted by Crippen LogP contribution is 2.32. The summed E-state index contributed by atoms with van der Waals surface area (Å²) in [6.45, 7) is 2.15. The predicted octanol–water partition coefficient (Wildman–Crippen LogP) is 4.41. The Morgan fingerprint density at radius 1 is 0.905 bits per heavy atom. The largest absolute Gasteiger partial charge is 0.384 e. The molecule has 3 heteroatoms. The Kier molecular flexibility index (Phi) is 4.47. The Bertz CT molecular complexity index is 590. The fourth-order valence-corrected chi connectivity index (χ4v) is 3.09. The van der Waals surface area contributed by atoms with Crippen LogP contribution in [0.1, 0.15) is 36.5 Å². The summed E-state index contributed by atoms with van der Waals surface area (Å²) in [6, 6.07) is 15.6. The number of anilines is 1. The van der Waals surface area contributed by atoms with E-state index in [2.05, 4.69) is 11.0 Å². The minimum absolute atomic E-state index is 0.611. The third-order valence-electron chi connectivity index (χ3n) is 4.11. The van der Waals surface area contributed by atoms with Crippen molar-refractivity contribution in [3.8, 4) is 0 Å². The van der Waals surface area contributed by atoms with E-state index in [0.717, 1.165) is 29.9 Å². The highest BCUT2D eigenvalue weighted by molar-refractivity contribution is 6.30. The number of benzene rings is 2. The van der Waals surface area contributed by atoms with E-state index in [4.69, 9.17) is 11.6 Å². The van der Waals surface area contributed by atoms with Crippen LogP contribution in [-0.2, 0) is 0 Å². The fourth-order valence-electron chi connectivity index (χ4n) is 2.97. The number of para-hydroxylation sites is 1. The van der Waals surface area contributed by atoms with Gasteiger partial charge in [0.2, 0.25) is 0 Å². The molecular weight excluding hydrogens is 282 g/mol. The molecule has 0 spiro atoms. The third kappa shape index (κ3) is 3.22. The highest BCUT2D eigenvalue weighted by atomic mass is 35.5. The van der Waals surface area contributed by atoms with Crippen molar-refractivity contribution in [2.24, 2.45) is 0 Å². The van der Waals surface area contributed by atoms with Crippen molar-refractivity contribution in [1.82, 2.24) is 0 Å². The molecule has 1 saturated heterocycles. The monoisotopic (exact) mass is 301 g/mol. The molecule has 1 unspecified atom stereocenters. The van der Waals surface area contributed by atoms with Crippen molar-refractivity contribution in [1.29, 1.82) is 0 Å². The van der Waals surface area contributed by atoms with Crippen molar-refractivity contribution < 1.29 is 5.11 Å². The zero-order valence-corrected chi connectivity index (χ0v) is 12.8. The van der Waals surface area contributed by atoms with Gasteiger partial charge in [0.25, 0.3) is 0 Å². The van der Waals surface area contributed by atoms with E-state index in [1.54, 1.807) is 0 Å². The van der Waals surface area contributed by atoms with Crippen LogP contribution >= 0.6 is 11.6 Å². The number of rotatable bonds is 3. The van der Waals surface area contributed by atoms with Crippen molar-refractivity contribution in [2.45, 2.75) is 25.4 Å². The molecule has 0 radical (unpaired) electrons. The highest BCUT2D eigenvalue weighted by Gasteiger charge is 2.19. The number of nitrogens with zero attached hydrogens (tertiary/aromatic N) is 1. The molecule has 2 nitrogen and oxygen atoms in total. The molecule has 1 fully saturated rings. The quantitative estimate of drug-likeness (QED) is 0.907. The maximum Gasteiger partial charge on any atom is 0.106 e. The van der Waals surface area contributed by atoms with E-state index in [1.807, 2.05) is 42.5 Å². The first kappa shape index (κ1) is 14.4. The van der Waals surface area contributed by atoms with Gasteiger partial charge in [0.1, 0.15) is 6.10 Å². The van der Waals surface area contributed by atoms with Gasteiger partial charge >= 0.3 is 0 Å². The van der Waals surface area contributed by atoms with Crippen LogP contribution in [0.25, 0.3) is 0 Å². The molecule has 110 valence electrons. The van der Waals surface area contributed by atoms with Crippen molar-refractivity contribution in [3.63, 3.8) is 0 Å². The topological polar surface area (TPSA) is 23.5 Å². The summed E-state index contributed by atoms with van der Waals surface area (Å²) in [5.41, 5.74) is 3.00. The molecule has 1 aliphatic heterocycles. The number of hydrogen-bond donors (Lipinski definition) is 1. The van der Waals surface area contributed by atoms with E-state index in [0.29, 0.717) is 5.02 Å². The van der Waals surface area contributed by atoms with Crippen LogP contribution in [0, 0.1) is 0 Å². The molecule has 0 amide bonds. The Hall–Kier alpha value is -1.51. The number of halogens is 1. The lowest BCUT2D eigenvalue weighted by molar-refractivity contribution is 0.220. The second-order valence-electron chi connectivity index (χ2n) is 5.56. The van der Waals surface area contributed by atoms with E-state index in [1.165, 1.54) is 19.3 Å². The van der Waals surface area contributed by atoms with E-state index < -0.39 is 6.10 Å². The Morgan fingerprint density at radius 2 is 1.57 bits per heavy atom. The molecule has 1 aliphatic rings. The lowest BCUT2D eigenvalue weighted by Crippen LogP contribution is -2.30. The Balaban J connectivity index is 1.92. The van der Waals surface area contributed by atoms with Crippen LogP contribution in [0.5, 0.6) is 0 Å². The number of aliphatic hydroxyl groups is 1. The van der Waals surface area contributed by atoms with Gasteiger partial charge in [-0.1, -0.05) is 41.9 Å². The molecule has 1 heterocycles. The normalized spacial score (nSPS) is 16.8. The molecular formula is C18H20ClNO. The lowest BCUT2D eigenvalue weighted by atomic mass is 9.98. The average Bonchev–Trinajstić information content (AvgIpc) is 2.56. The van der Waals surface area contributed by atoms with Crippen LogP contribution in [0.2, 0.25) is 5.02 Å². The van der Waals surface area contributed by atoms with Gasteiger partial charge in [-0.25, -0.2) is 0 Å². The van der Waals surface area contributed by atoms with E-state index in [9.17, 15) is 5.11 Å². The average molecular weight is 302 g/mol. The Labute approximate surface area is 131 Å². The molecule has 0 bridgehead atoms. The van der Waals surface area contributed by atoms with Crippen molar-refractivity contribution in [3.05, 3.63) is 64.7 Å². The Morgan fingerprint density at radius 3 is 2.29 bits per heavy atom. The number of piperidine rings is 1. The molecule has 1 atom stereocenters. The molecule has 0 aromatic heterocycles. The van der Waals surface area contributed by atoms with E-state index >= 15 is 0 Å². The summed E-state index contributed by atoms with van der Waals surface area (Å²) < 4.78 is 0. The molecule has 3 rings (SSSR count). The number of hydrogen-bond acceptors (Lipinski definition) is 2. The predicted molar refractivity (Wildman–Crippen MR) is 88.0 cm³/mol. The van der Waals surface area contributed by atoms with Crippen LogP contribution in [0.4, 0.5) is 5.69 Å². The lowest BCUT2D eigenvalue weighted by Gasteiger charge is -2.31. The van der Waals surface area contributed by atoms with Gasteiger partial charge in [-0.05, 0) is 43.0 Å². The minimum Gasteiger partial charge on any atom is -0.384 e. The number of aliphatic hydroxyl groups excluding tert-OH is 1. The molecule has 2 aromatic rings. The van der Waals surface area contributed by atoms with E-state index in [-0.39, 0.29) is 0 Å². The van der Waals surface area contributed by atoms with Gasteiger partial charge in [-0.2, -0.15) is 0 Å². The van der Waals surface area contributed by atoms with Crippen LogP contribution in [0.3, 0.4) is 0 Å². The maximum atomic E-state index is 10.7. The molecule has 0 aliphatic carbocycles. The van der Waals surface area contributed by atoms with Crippen LogP contribution < -0.4 is 4.90 Å². The zero-order valence-electron chi connectivity index (χ0n) is 12.0. The third-order valence-corrected chi connectivity index (χ3v) is 4.37. The van der Waals surface area contributed by atoms with Gasteiger partial charge in [0.05, 0.1) is 0 Å². The van der Waals surface area contributed by atoms with Gasteiger partial charge < -0.3 is 10.0 Å². The maximum absolute atomic E-state index is 10.7. The zero-order chi connectivity index (χ0) is 14.7. The molecule has 21 heavy (non-hydrogen) atoms. The second-order valence-corrected chi connectivity index (χ2v) is 6.00. The van der Waals surface area contributed by atoms with Gasteiger partial charge in [0, 0.05) is 29.4 Å². The van der Waals surface area contributed by atoms with Crippen LogP contribution in [-0.4, -0.2) is 18.2 Å². The summed E-state index contributed by atoms with van der Waals surface area (Å²) >= 11 is 5.93. The van der Waals surface area contributed by atoms with Gasteiger partial charge in [0.15, 0.2) is 0 Å². The smallest absolute Gasteiger partial charge is 0.106 e. The van der Waals surface area contributed by atoms with Crippen molar-refractivity contribution in [2.75, 3.05) is 18.0 Å². The van der Waals surface area contributed by atoms with Gasteiger partial charge in [-0.15, -0.1) is 0 Å². The molecule has 0 saturated carbocycles. The minimum atomic E-state index is -0.611. The molecule has 2 aromatic carbocycles. The summed E-state index contributed by atoms with van der Waals surface area (Å²) in [7, 11) is 0. The molecule has 1 N–H and O–H groups in total. The first-order valence-corrected chi connectivity index (χ1v) is 7.91. The summed E-state index contributed by atoms with van der Waals surface area (Å²) in [5.74, 6) is 0. The fraction of sp³-hybridized carbons (Fsp3) is 0.333.